The standard InChI is InChI=1S/CCl2O/c2-1(3)4/i1+2. The molecule has 0 saturated carbocycles. The molecule has 0 heterocycles. The molecular weight excluding hydrogens is 101 g/mol. The zero-order valence-electron chi connectivity index (χ0n) is 1.66. The van der Waals surface area contributed by atoms with E-state index in [4.69, 9.17) is 4.79 Å². The number of carbonyl (C=O) groups excluding carboxylic acids is 1. The Balaban J connectivity index is 2.80. The van der Waals surface area contributed by atoms with Gasteiger partial charge in [0.15, 0.2) is 0 Å². The quantitative estimate of drug-likeness (QED) is 0.423. The molecule has 0 aliphatic carbocycles. The summed E-state index contributed by atoms with van der Waals surface area (Å²) in [6, 6.07) is 0. The first-order valence-corrected chi connectivity index (χ1v) is 1.34. The average Bonchev–Trinajstić information content (AvgIpc) is 0.811. The Labute approximate surface area is 33.5 Å². The van der Waals surface area contributed by atoms with Crippen LogP contribution in [-0.4, -0.2) is 4.70 Å². The third-order valence-electron chi connectivity index (χ3n) is 0. The van der Waals surface area contributed by atoms with E-state index in [9.17, 15) is 0 Å². The zero-order valence-corrected chi connectivity index (χ0v) is 3.18. The Morgan fingerprint density at radius 3 is 1.50 bits per heavy atom. The van der Waals surface area contributed by atoms with Crippen LogP contribution in [-0.2, 0) is 0 Å². The molecular formula is CCl2O. The molecule has 0 saturated heterocycles. The highest BCUT2D eigenvalue weighted by molar-refractivity contribution is 6.93. The van der Waals surface area contributed by atoms with Gasteiger partial charge in [0.2, 0.25) is 0 Å². The molecule has 0 aromatic carbocycles. The minimum atomic E-state index is -0.889. The summed E-state index contributed by atoms with van der Waals surface area (Å²) < 4.78 is -0.889. The molecule has 0 aromatic heterocycles. The van der Waals surface area contributed by atoms with Gasteiger partial charge in [-0.2, -0.15) is 0 Å². The predicted molar refractivity (Wildman–Crippen MR) is 17.1 cm³/mol. The van der Waals surface area contributed by atoms with Crippen LogP contribution >= 0.6 is 23.2 Å². The summed E-state index contributed by atoms with van der Waals surface area (Å²) in [7, 11) is 0. The summed E-state index contributed by atoms with van der Waals surface area (Å²) in [4.78, 5) is 8.98. The van der Waals surface area contributed by atoms with Crippen LogP contribution in [0.15, 0.2) is 0 Å². The largest absolute Gasteiger partial charge is 0.313 e. The van der Waals surface area contributed by atoms with E-state index < -0.39 is 4.70 Å². The highest BCUT2D eigenvalue weighted by Gasteiger charge is 1.72. The lowest BCUT2D eigenvalue weighted by Gasteiger charge is -1.48. The van der Waals surface area contributed by atoms with E-state index in [0.717, 1.165) is 0 Å². The van der Waals surface area contributed by atoms with E-state index in [1.165, 1.54) is 0 Å². The first-order chi connectivity index (χ1) is 1.73. The second-order valence-electron chi connectivity index (χ2n) is 0.226. The Hall–Kier alpha value is 0.250. The summed E-state index contributed by atoms with van der Waals surface area (Å²) in [5.74, 6) is 0. The Kier molecular flexibility index (Phi) is 1.66. The number of hydrogen-bond acceptors (Lipinski definition) is 1. The molecule has 24 valence electrons. The summed E-state index contributed by atoms with van der Waals surface area (Å²) >= 11 is 8.80. The number of carbonyl (C=O) groups is 1. The van der Waals surface area contributed by atoms with Crippen LogP contribution in [0.2, 0.25) is 0 Å². The van der Waals surface area contributed by atoms with Gasteiger partial charge in [-0.15, -0.1) is 0 Å². The monoisotopic (exact) mass is 99.9 g/mol. The van der Waals surface area contributed by atoms with Crippen LogP contribution in [0.25, 0.3) is 0 Å². The molecule has 0 N–H and O–H groups in total. The normalized spacial score (nSPS) is 6.50. The van der Waals surface area contributed by atoms with E-state index in [0.29, 0.717) is 0 Å². The topological polar surface area (TPSA) is 17.1 Å². The second-order valence-corrected chi connectivity index (χ2v) is 1.11. The smallest absolute Gasteiger partial charge is 0.262 e. The maximum Gasteiger partial charge on any atom is 0.313 e. The maximum atomic E-state index is 8.98. The molecule has 0 aliphatic heterocycles. The van der Waals surface area contributed by atoms with Gasteiger partial charge in [0, 0.05) is 0 Å². The minimum absolute atomic E-state index is 0.889. The van der Waals surface area contributed by atoms with Crippen molar-refractivity contribution in [3.63, 3.8) is 0 Å². The van der Waals surface area contributed by atoms with Crippen molar-refractivity contribution in [2.75, 3.05) is 0 Å². The molecule has 3 heteroatoms. The van der Waals surface area contributed by atoms with Gasteiger partial charge in [-0.25, -0.2) is 0 Å². The highest BCUT2D eigenvalue weighted by atomic mass is 35.5. The summed E-state index contributed by atoms with van der Waals surface area (Å²) in [5, 5.41) is 0. The van der Waals surface area contributed by atoms with E-state index in [1.54, 1.807) is 0 Å². The molecule has 1 nitrogen and oxygen atoms in total. The van der Waals surface area contributed by atoms with Crippen molar-refractivity contribution in [3.05, 3.63) is 0 Å². The zero-order chi connectivity index (χ0) is 3.58. The SMILES string of the molecule is O=[14C](Cl)Cl. The van der Waals surface area contributed by atoms with Crippen molar-refractivity contribution in [1.29, 1.82) is 0 Å². The molecule has 0 bridgehead atoms. The predicted octanol–water partition coefficient (Wildman–Crippen LogP) is 1.58. The van der Waals surface area contributed by atoms with Gasteiger partial charge in [-0.05, 0) is 23.2 Å². The fourth-order valence-corrected chi connectivity index (χ4v) is 0. The third-order valence-corrected chi connectivity index (χ3v) is 0. The van der Waals surface area contributed by atoms with E-state index in [1.807, 2.05) is 0 Å². The fourth-order valence-electron chi connectivity index (χ4n) is 0. The molecule has 0 fully saturated rings. The molecule has 0 spiro atoms. The van der Waals surface area contributed by atoms with E-state index in [2.05, 4.69) is 23.2 Å². The van der Waals surface area contributed by atoms with Gasteiger partial charge in [0.05, 0.1) is 0 Å². The Morgan fingerprint density at radius 1 is 1.50 bits per heavy atom. The Morgan fingerprint density at radius 2 is 1.50 bits per heavy atom. The minimum Gasteiger partial charge on any atom is -0.262 e. The fraction of sp³-hybridized carbons (Fsp3) is 0. The van der Waals surface area contributed by atoms with Crippen LogP contribution in [0.4, 0.5) is 4.79 Å². The number of rotatable bonds is 0. The van der Waals surface area contributed by atoms with Crippen LogP contribution in [0, 0.1) is 0 Å². The van der Waals surface area contributed by atoms with Gasteiger partial charge in [0.1, 0.15) is 0 Å². The van der Waals surface area contributed by atoms with Gasteiger partial charge in [-0.3, -0.25) is 4.79 Å². The lowest BCUT2D eigenvalue weighted by atomic mass is 13.7. The molecule has 0 aromatic rings. The van der Waals surface area contributed by atoms with Crippen molar-refractivity contribution in [1.82, 2.24) is 0 Å². The molecule has 0 amide bonds. The lowest BCUT2D eigenvalue weighted by molar-refractivity contribution is 0.275. The first-order valence-electron chi connectivity index (χ1n) is 0.582. The third kappa shape index (κ3) is 56.3. The van der Waals surface area contributed by atoms with Crippen LogP contribution in [0.5, 0.6) is 0 Å². The van der Waals surface area contributed by atoms with Gasteiger partial charge in [0.25, 0.3) is 0 Å². The summed E-state index contributed by atoms with van der Waals surface area (Å²) in [6.07, 6.45) is 0. The van der Waals surface area contributed by atoms with Crippen molar-refractivity contribution >= 4 is 27.9 Å². The van der Waals surface area contributed by atoms with Crippen LogP contribution in [0.1, 0.15) is 0 Å². The molecule has 0 atom stereocenters. The molecule has 4 heavy (non-hydrogen) atoms. The van der Waals surface area contributed by atoms with Gasteiger partial charge < -0.3 is 0 Å². The van der Waals surface area contributed by atoms with E-state index in [-0.39, 0.29) is 0 Å². The van der Waals surface area contributed by atoms with Crippen LogP contribution < -0.4 is 0 Å². The highest BCUT2D eigenvalue weighted by Crippen LogP contribution is 1.84. The lowest BCUT2D eigenvalue weighted by Crippen LogP contribution is -1.46. The van der Waals surface area contributed by atoms with Crippen molar-refractivity contribution in [3.8, 4) is 0 Å². The second kappa shape index (κ2) is 1.56. The van der Waals surface area contributed by atoms with Gasteiger partial charge >= 0.3 is 4.70 Å². The molecule has 0 rings (SSSR count). The molecule has 0 radical (unpaired) electrons. The van der Waals surface area contributed by atoms with Crippen molar-refractivity contribution in [2.45, 2.75) is 0 Å². The number of halogens is 2. The van der Waals surface area contributed by atoms with Crippen molar-refractivity contribution in [2.24, 2.45) is 0 Å². The average molecular weight is 101 g/mol. The van der Waals surface area contributed by atoms with Crippen LogP contribution in [0.3, 0.4) is 0 Å². The van der Waals surface area contributed by atoms with E-state index >= 15 is 0 Å². The Bertz CT molecular complexity index is 29.0. The first kappa shape index (κ1) is 4.25. The number of hydrogen-bond donors (Lipinski definition) is 0. The molecule has 0 unspecified atom stereocenters. The van der Waals surface area contributed by atoms with Crippen molar-refractivity contribution < 1.29 is 4.79 Å². The summed E-state index contributed by atoms with van der Waals surface area (Å²) in [5.41, 5.74) is 0. The maximum absolute atomic E-state index is 8.98. The van der Waals surface area contributed by atoms with Gasteiger partial charge in [-0.1, -0.05) is 0 Å². The molecule has 0 aliphatic rings. The summed E-state index contributed by atoms with van der Waals surface area (Å²) in [6.45, 7) is 0.